The number of likely N-dealkylation sites (N-methyl/N-ethyl adjacent to an activating group) is 1. The molecular weight excluding hydrogens is 438 g/mol. The quantitative estimate of drug-likeness (QED) is 0.555. The molecule has 6 fully saturated rings. The SMILES string of the molecule is CCN1C[C@]2(CO)CC[C@H](OC)[C@@]34[C@@H]2[C@H](OC)[C@@](O)([C@@H]13)[C@@]1(OC)C[C@H](OC)[C@H]2C[C@H]4[C@@H]1[C@H]2OC. The second-order valence-electron chi connectivity index (χ2n) is 12.0. The Bertz CT molecular complexity index is 829. The van der Waals surface area contributed by atoms with Gasteiger partial charge in [-0.3, -0.25) is 4.90 Å². The number of likely N-dealkylation sites (tertiary alicyclic amines) is 1. The maximum atomic E-state index is 13.3. The molecule has 1 aliphatic heterocycles. The molecule has 8 nitrogen and oxygen atoms in total. The van der Waals surface area contributed by atoms with E-state index in [4.69, 9.17) is 23.7 Å². The van der Waals surface area contributed by atoms with Gasteiger partial charge in [0.25, 0.3) is 0 Å². The van der Waals surface area contributed by atoms with Gasteiger partial charge in [-0.1, -0.05) is 6.92 Å². The van der Waals surface area contributed by atoms with Gasteiger partial charge in [-0.2, -0.15) is 0 Å². The van der Waals surface area contributed by atoms with E-state index in [0.29, 0.717) is 6.42 Å². The van der Waals surface area contributed by atoms with Crippen molar-refractivity contribution >= 4 is 0 Å². The van der Waals surface area contributed by atoms with Gasteiger partial charge in [-0.15, -0.1) is 0 Å². The van der Waals surface area contributed by atoms with Crippen molar-refractivity contribution < 1.29 is 33.9 Å². The first-order chi connectivity index (χ1) is 16.4. The molecule has 1 saturated heterocycles. The number of ether oxygens (including phenoxy) is 5. The summed E-state index contributed by atoms with van der Waals surface area (Å²) in [6, 6.07) is -0.182. The first-order valence-electron chi connectivity index (χ1n) is 13.1. The number of fused-ring (bicyclic) bond motifs is 2. The molecule has 5 aliphatic carbocycles. The molecule has 0 unspecified atom stereocenters. The molecule has 0 aromatic heterocycles. The smallest absolute Gasteiger partial charge is 0.136 e. The number of nitrogens with zero attached hydrogens (tertiary/aromatic N) is 1. The lowest BCUT2D eigenvalue weighted by molar-refractivity contribution is -0.326. The third kappa shape index (κ3) is 2.19. The van der Waals surface area contributed by atoms with Crippen LogP contribution < -0.4 is 0 Å². The summed E-state index contributed by atoms with van der Waals surface area (Å²) in [5.74, 6) is 0.437. The lowest BCUT2D eigenvalue weighted by atomic mass is 9.42. The van der Waals surface area contributed by atoms with Crippen LogP contribution in [-0.2, 0) is 23.7 Å². The van der Waals surface area contributed by atoms with E-state index < -0.39 is 17.3 Å². The summed E-state index contributed by atoms with van der Waals surface area (Å²) < 4.78 is 31.6. The number of rotatable bonds is 7. The van der Waals surface area contributed by atoms with Crippen molar-refractivity contribution in [1.29, 1.82) is 0 Å². The fourth-order valence-electron chi connectivity index (χ4n) is 11.4. The average molecular weight is 482 g/mol. The number of aliphatic hydroxyl groups is 2. The molecule has 2 N–H and O–H groups in total. The van der Waals surface area contributed by atoms with Gasteiger partial charge >= 0.3 is 0 Å². The van der Waals surface area contributed by atoms with Crippen molar-refractivity contribution in [3.8, 4) is 0 Å². The minimum Gasteiger partial charge on any atom is -0.396 e. The number of aliphatic hydroxyl groups excluding tert-OH is 1. The highest BCUT2D eigenvalue weighted by Crippen LogP contribution is 2.81. The molecule has 34 heavy (non-hydrogen) atoms. The van der Waals surface area contributed by atoms with E-state index in [1.165, 1.54) is 0 Å². The van der Waals surface area contributed by atoms with Gasteiger partial charge in [0.2, 0.25) is 0 Å². The maximum Gasteiger partial charge on any atom is 0.136 e. The fraction of sp³-hybridized carbons (Fsp3) is 1.00. The summed E-state index contributed by atoms with van der Waals surface area (Å²) >= 11 is 0. The Morgan fingerprint density at radius 3 is 2.35 bits per heavy atom. The van der Waals surface area contributed by atoms with Crippen LogP contribution in [0.2, 0.25) is 0 Å². The maximum absolute atomic E-state index is 13.3. The van der Waals surface area contributed by atoms with Crippen LogP contribution in [0.1, 0.15) is 32.6 Å². The number of hydrogen-bond acceptors (Lipinski definition) is 8. The van der Waals surface area contributed by atoms with Crippen LogP contribution in [0.25, 0.3) is 0 Å². The van der Waals surface area contributed by atoms with E-state index in [9.17, 15) is 10.2 Å². The van der Waals surface area contributed by atoms with Crippen LogP contribution in [0.3, 0.4) is 0 Å². The van der Waals surface area contributed by atoms with E-state index in [1.807, 2.05) is 7.11 Å². The van der Waals surface area contributed by atoms with Crippen molar-refractivity contribution in [3.05, 3.63) is 0 Å². The van der Waals surface area contributed by atoms with Crippen LogP contribution in [0.4, 0.5) is 0 Å². The van der Waals surface area contributed by atoms with Crippen molar-refractivity contribution in [2.45, 2.75) is 74.3 Å². The summed E-state index contributed by atoms with van der Waals surface area (Å²) in [5.41, 5.74) is -2.88. The van der Waals surface area contributed by atoms with Gasteiger partial charge in [0.15, 0.2) is 0 Å². The Balaban J connectivity index is 1.70. The van der Waals surface area contributed by atoms with Gasteiger partial charge in [-0.05, 0) is 31.7 Å². The Morgan fingerprint density at radius 1 is 1.03 bits per heavy atom. The molecule has 194 valence electrons. The van der Waals surface area contributed by atoms with E-state index in [0.717, 1.165) is 32.4 Å². The first-order valence-corrected chi connectivity index (χ1v) is 13.1. The normalized spacial score (nSPS) is 59.5. The molecule has 0 amide bonds. The Hall–Kier alpha value is -0.320. The second kappa shape index (κ2) is 7.60. The van der Waals surface area contributed by atoms with Gasteiger partial charge in [0, 0.05) is 77.1 Å². The molecule has 0 aromatic rings. The predicted molar refractivity (Wildman–Crippen MR) is 123 cm³/mol. The largest absolute Gasteiger partial charge is 0.396 e. The molecule has 1 heterocycles. The summed E-state index contributed by atoms with van der Waals surface area (Å²) in [4.78, 5) is 2.43. The van der Waals surface area contributed by atoms with E-state index in [2.05, 4.69) is 11.8 Å². The van der Waals surface area contributed by atoms with Gasteiger partial charge in [0.1, 0.15) is 11.2 Å². The Labute approximate surface area is 203 Å². The molecule has 6 aliphatic rings. The number of piperidine rings is 1. The number of hydrogen-bond donors (Lipinski definition) is 2. The molecule has 0 aromatic carbocycles. The van der Waals surface area contributed by atoms with Crippen LogP contribution in [0, 0.1) is 34.5 Å². The van der Waals surface area contributed by atoms with Gasteiger partial charge < -0.3 is 33.9 Å². The topological polar surface area (TPSA) is 89.9 Å². The fourth-order valence-corrected chi connectivity index (χ4v) is 11.4. The zero-order chi connectivity index (χ0) is 24.3. The molecule has 1 spiro atoms. The standard InChI is InChI=1S/C26H43NO7/c1-7-27-12-23(13-28)9-8-17(31-3)25-15-10-14-16(30-2)11-24(34-6,18(15)19(14)32-4)26(29,22(25)27)21(33-5)20(23)25/h14-22,28-29H,7-13H2,1-6H3/t14-,15+,16+,17+,18-,19+,20-,21+,22+,23+,24-,25+,26-/m1/s1. The van der Waals surface area contributed by atoms with Crippen molar-refractivity contribution in [2.24, 2.45) is 34.5 Å². The Morgan fingerprint density at radius 2 is 1.79 bits per heavy atom. The lowest BCUT2D eigenvalue weighted by Gasteiger charge is -2.70. The van der Waals surface area contributed by atoms with E-state index in [-0.39, 0.29) is 65.5 Å². The summed E-state index contributed by atoms with van der Waals surface area (Å²) in [7, 11) is 8.85. The van der Waals surface area contributed by atoms with Crippen LogP contribution >= 0.6 is 0 Å². The summed E-state index contributed by atoms with van der Waals surface area (Å²) in [6.07, 6.45) is 2.67. The van der Waals surface area contributed by atoms with E-state index >= 15 is 0 Å². The summed E-state index contributed by atoms with van der Waals surface area (Å²) in [5, 5.41) is 24.3. The monoisotopic (exact) mass is 481 g/mol. The molecule has 7 bridgehead atoms. The Kier molecular flexibility index (Phi) is 5.38. The molecule has 13 atom stereocenters. The van der Waals surface area contributed by atoms with Gasteiger partial charge in [0.05, 0.1) is 37.1 Å². The first kappa shape index (κ1) is 24.0. The minimum absolute atomic E-state index is 0.00625. The lowest BCUT2D eigenvalue weighted by Crippen LogP contribution is -2.82. The zero-order valence-electron chi connectivity index (χ0n) is 21.5. The summed E-state index contributed by atoms with van der Waals surface area (Å²) in [6.45, 7) is 3.80. The van der Waals surface area contributed by atoms with Crippen LogP contribution in [0.15, 0.2) is 0 Å². The second-order valence-corrected chi connectivity index (χ2v) is 12.0. The number of methoxy groups -OCH3 is 5. The van der Waals surface area contributed by atoms with Crippen molar-refractivity contribution in [1.82, 2.24) is 4.90 Å². The average Bonchev–Trinajstić information content (AvgIpc) is 3.26. The minimum atomic E-state index is -1.29. The molecule has 8 heteroatoms. The van der Waals surface area contributed by atoms with Crippen molar-refractivity contribution in [3.63, 3.8) is 0 Å². The molecule has 6 rings (SSSR count). The molecule has 5 saturated carbocycles. The van der Waals surface area contributed by atoms with E-state index in [1.54, 1.807) is 28.4 Å². The predicted octanol–water partition coefficient (Wildman–Crippen LogP) is 0.925. The van der Waals surface area contributed by atoms with Crippen molar-refractivity contribution in [2.75, 3.05) is 55.2 Å². The van der Waals surface area contributed by atoms with Crippen LogP contribution in [0.5, 0.6) is 0 Å². The highest BCUT2D eigenvalue weighted by Gasteiger charge is 2.91. The highest BCUT2D eigenvalue weighted by atomic mass is 16.5. The molecule has 0 radical (unpaired) electrons. The van der Waals surface area contributed by atoms with Gasteiger partial charge in [-0.25, -0.2) is 0 Å². The van der Waals surface area contributed by atoms with Crippen LogP contribution in [-0.4, -0.2) is 112 Å². The third-order valence-electron chi connectivity index (χ3n) is 11.9. The molecular formula is C26H43NO7. The third-order valence-corrected chi connectivity index (χ3v) is 11.9. The zero-order valence-corrected chi connectivity index (χ0v) is 21.5. The highest BCUT2D eigenvalue weighted by molar-refractivity contribution is 5.41.